The third kappa shape index (κ3) is 5.15. The number of aryl methyl sites for hydroxylation is 3. The molecule has 4 nitrogen and oxygen atoms in total. The molecule has 5 heteroatoms. The Balaban J connectivity index is 0.000000186. The summed E-state index contributed by atoms with van der Waals surface area (Å²) in [6, 6.07) is 43.9. The van der Waals surface area contributed by atoms with Crippen LogP contribution in [0, 0.1) is 39.6 Å². The minimum Gasteiger partial charge on any atom is -0.499 e. The van der Waals surface area contributed by atoms with Gasteiger partial charge in [-0.3, -0.25) is 0 Å². The minimum absolute atomic E-state index is 0. The van der Waals surface area contributed by atoms with E-state index < -0.39 is 0 Å². The van der Waals surface area contributed by atoms with Gasteiger partial charge in [0.1, 0.15) is 0 Å². The second-order valence-electron chi connectivity index (χ2n) is 12.6. The molecule has 3 aromatic heterocycles. The summed E-state index contributed by atoms with van der Waals surface area (Å²) in [4.78, 5) is 9.00. The monoisotopic (exact) mass is 788 g/mol. The second-order valence-corrected chi connectivity index (χ2v) is 12.6. The van der Waals surface area contributed by atoms with Gasteiger partial charge in [0.2, 0.25) is 0 Å². The van der Waals surface area contributed by atoms with Crippen LogP contribution in [0.2, 0.25) is 0 Å². The Morgan fingerprint density at radius 3 is 2.15 bits per heavy atom. The van der Waals surface area contributed by atoms with Crippen LogP contribution < -0.4 is 9.80 Å². The number of fused-ring (bicyclic) bond motifs is 7. The standard InChI is InChI=1S/C28H21N3.C14H14N.Ir/c1-18(2)29-17-30(27-13-6-5-12-26(27)29)19-14-15-25-23(16-19)22-10-7-9-21-20-8-3-4-11-24(20)31(25)28(21)22;1-10-4-6-13(7-5-10)14-8-11(2)12(3)9-15-14;/h3-13,15-18H,1-2H3;4-6,8-9H,1-3H3;/q-2;-1;+3. The van der Waals surface area contributed by atoms with Crippen LogP contribution in [0.1, 0.15) is 30.5 Å². The average molecular weight is 788 g/mol. The van der Waals surface area contributed by atoms with E-state index in [-0.39, 0.29) is 20.1 Å². The van der Waals surface area contributed by atoms with Gasteiger partial charge >= 0.3 is 20.1 Å². The number of para-hydroxylation sites is 4. The van der Waals surface area contributed by atoms with Crippen molar-refractivity contribution in [3.63, 3.8) is 0 Å². The molecular weight excluding hydrogens is 753 g/mol. The van der Waals surface area contributed by atoms with Crippen molar-refractivity contribution in [2.45, 2.75) is 40.7 Å². The van der Waals surface area contributed by atoms with Crippen LogP contribution in [-0.2, 0) is 20.1 Å². The van der Waals surface area contributed by atoms with Crippen molar-refractivity contribution < 1.29 is 20.1 Å². The zero-order valence-corrected chi connectivity index (χ0v) is 29.6. The molecule has 0 amide bonds. The molecule has 9 rings (SSSR count). The molecule has 5 aromatic carbocycles. The third-order valence-corrected chi connectivity index (χ3v) is 9.23. The van der Waals surface area contributed by atoms with Gasteiger partial charge in [-0.25, -0.2) is 0 Å². The SMILES string of the molecule is CC(C)N1[CH-]N(c2[c-]cc3c(c2)c2cccc4c5ccccc5n3c24)c2ccccc21.Cc1c[c-]c(-c2cc(C)c(C)cn2)cc1.[Ir+3]. The van der Waals surface area contributed by atoms with Gasteiger partial charge in [-0.2, -0.15) is 18.8 Å². The van der Waals surface area contributed by atoms with Crippen LogP contribution in [0.15, 0.2) is 109 Å². The summed E-state index contributed by atoms with van der Waals surface area (Å²) < 4.78 is 2.40. The van der Waals surface area contributed by atoms with Crippen LogP contribution in [0.25, 0.3) is 49.4 Å². The topological polar surface area (TPSA) is 23.8 Å². The van der Waals surface area contributed by atoms with E-state index in [1.54, 1.807) is 0 Å². The summed E-state index contributed by atoms with van der Waals surface area (Å²) in [5.41, 5.74) is 13.1. The Morgan fingerprint density at radius 1 is 0.681 bits per heavy atom. The largest absolute Gasteiger partial charge is 3.00 e. The first-order chi connectivity index (χ1) is 22.4. The Bertz CT molecular complexity index is 2370. The maximum absolute atomic E-state index is 4.41. The van der Waals surface area contributed by atoms with Crippen molar-refractivity contribution in [2.75, 3.05) is 9.80 Å². The molecule has 1 aliphatic heterocycles. The summed E-state index contributed by atoms with van der Waals surface area (Å²) in [6.45, 7) is 12.9. The normalized spacial score (nSPS) is 12.6. The first-order valence-electron chi connectivity index (χ1n) is 15.9. The average Bonchev–Trinajstić information content (AvgIpc) is 3.74. The first kappa shape index (κ1) is 30.9. The summed E-state index contributed by atoms with van der Waals surface area (Å²) in [5.74, 6) is 0. The summed E-state index contributed by atoms with van der Waals surface area (Å²) >= 11 is 0. The molecule has 47 heavy (non-hydrogen) atoms. The fourth-order valence-electron chi connectivity index (χ4n) is 6.67. The quantitative estimate of drug-likeness (QED) is 0.167. The molecule has 232 valence electrons. The van der Waals surface area contributed by atoms with E-state index in [1.165, 1.54) is 66.2 Å². The summed E-state index contributed by atoms with van der Waals surface area (Å²) in [5, 5.41) is 5.19. The van der Waals surface area contributed by atoms with Crippen LogP contribution in [0.5, 0.6) is 0 Å². The maximum Gasteiger partial charge on any atom is 3.00 e. The van der Waals surface area contributed by atoms with Crippen molar-refractivity contribution in [2.24, 2.45) is 0 Å². The maximum atomic E-state index is 4.41. The molecule has 0 unspecified atom stereocenters. The van der Waals surface area contributed by atoms with Crippen LogP contribution in [-0.4, -0.2) is 15.4 Å². The molecule has 0 saturated carbocycles. The molecule has 0 fully saturated rings. The molecule has 0 saturated heterocycles. The molecule has 8 aromatic rings. The molecular formula is C42H35IrN4. The molecule has 0 spiro atoms. The molecule has 0 bridgehead atoms. The van der Waals surface area contributed by atoms with Gasteiger partial charge in [-0.15, -0.1) is 52.5 Å². The van der Waals surface area contributed by atoms with Crippen molar-refractivity contribution in [1.82, 2.24) is 9.38 Å². The van der Waals surface area contributed by atoms with Crippen LogP contribution >= 0.6 is 0 Å². The van der Waals surface area contributed by atoms with E-state index >= 15 is 0 Å². The number of aromatic nitrogens is 2. The van der Waals surface area contributed by atoms with Gasteiger partial charge < -0.3 is 19.2 Å². The predicted octanol–water partition coefficient (Wildman–Crippen LogP) is 10.6. The Kier molecular flexibility index (Phi) is 7.99. The number of pyridine rings is 1. The van der Waals surface area contributed by atoms with Gasteiger partial charge in [0, 0.05) is 39.4 Å². The molecule has 1 aliphatic rings. The Labute approximate surface area is 290 Å². The Morgan fingerprint density at radius 2 is 1.40 bits per heavy atom. The van der Waals surface area contributed by atoms with Gasteiger partial charge in [0.05, 0.1) is 0 Å². The van der Waals surface area contributed by atoms with E-state index in [9.17, 15) is 0 Å². The molecule has 4 heterocycles. The molecule has 0 atom stereocenters. The minimum atomic E-state index is 0. The number of benzene rings is 5. The van der Waals surface area contributed by atoms with Crippen molar-refractivity contribution in [1.29, 1.82) is 0 Å². The number of rotatable bonds is 3. The first-order valence-corrected chi connectivity index (χ1v) is 15.9. The fraction of sp³-hybridized carbons (Fsp3) is 0.143. The van der Waals surface area contributed by atoms with Crippen LogP contribution in [0.3, 0.4) is 0 Å². The van der Waals surface area contributed by atoms with E-state index in [1.807, 2.05) is 12.3 Å². The zero-order chi connectivity index (χ0) is 31.5. The van der Waals surface area contributed by atoms with Crippen molar-refractivity contribution >= 4 is 55.2 Å². The van der Waals surface area contributed by atoms with Gasteiger partial charge in [0.15, 0.2) is 0 Å². The summed E-state index contributed by atoms with van der Waals surface area (Å²) in [6.07, 6.45) is 1.92. The zero-order valence-electron chi connectivity index (χ0n) is 27.2. The molecule has 0 radical (unpaired) electrons. The fourth-order valence-corrected chi connectivity index (χ4v) is 6.67. The number of hydrogen-bond donors (Lipinski definition) is 0. The molecule has 0 aliphatic carbocycles. The Hall–Kier alpha value is -4.70. The van der Waals surface area contributed by atoms with E-state index in [4.69, 9.17) is 0 Å². The van der Waals surface area contributed by atoms with Crippen molar-refractivity contribution in [3.8, 4) is 11.3 Å². The predicted molar refractivity (Wildman–Crippen MR) is 193 cm³/mol. The number of nitrogens with zero attached hydrogens (tertiary/aromatic N) is 4. The van der Waals surface area contributed by atoms with E-state index in [0.29, 0.717) is 6.04 Å². The van der Waals surface area contributed by atoms with Gasteiger partial charge in [-0.05, 0) is 68.6 Å². The summed E-state index contributed by atoms with van der Waals surface area (Å²) in [7, 11) is 0. The number of hydrogen-bond acceptors (Lipinski definition) is 3. The smallest absolute Gasteiger partial charge is 0.499 e. The number of anilines is 3. The van der Waals surface area contributed by atoms with Gasteiger partial charge in [-0.1, -0.05) is 72.6 Å². The second kappa shape index (κ2) is 12.1. The van der Waals surface area contributed by atoms with Gasteiger partial charge in [0.25, 0.3) is 0 Å². The third-order valence-electron chi connectivity index (χ3n) is 9.23. The van der Waals surface area contributed by atoms with E-state index in [2.05, 4.69) is 170 Å². The van der Waals surface area contributed by atoms with E-state index in [0.717, 1.165) is 16.9 Å². The van der Waals surface area contributed by atoms with Crippen LogP contribution in [0.4, 0.5) is 17.1 Å². The van der Waals surface area contributed by atoms with Crippen molar-refractivity contribution in [3.05, 3.63) is 145 Å². The molecule has 0 N–H and O–H groups in total.